The quantitative estimate of drug-likeness (QED) is 0.346. The van der Waals surface area contributed by atoms with E-state index in [0.29, 0.717) is 10.2 Å². The molecule has 0 aliphatic heterocycles. The summed E-state index contributed by atoms with van der Waals surface area (Å²) >= 11 is 9.37. The molecule has 1 aliphatic rings. The van der Waals surface area contributed by atoms with E-state index in [1.54, 1.807) is 12.3 Å². The van der Waals surface area contributed by atoms with Gasteiger partial charge in [0.25, 0.3) is 12.3 Å². The molecule has 170 valence electrons. The monoisotopic (exact) mass is 538 g/mol. The minimum atomic E-state index is -2.76. The van der Waals surface area contributed by atoms with Crippen molar-refractivity contribution >= 4 is 44.9 Å². The van der Waals surface area contributed by atoms with Gasteiger partial charge in [-0.2, -0.15) is 10.2 Å². The van der Waals surface area contributed by atoms with Crippen LogP contribution in [0.15, 0.2) is 41.0 Å². The summed E-state index contributed by atoms with van der Waals surface area (Å²) in [6.45, 7) is 0.0416. The van der Waals surface area contributed by atoms with Gasteiger partial charge in [0.2, 0.25) is 0 Å². The minimum Gasteiger partial charge on any atom is -0.303 e. The van der Waals surface area contributed by atoms with Crippen LogP contribution in [0.4, 0.5) is 19.0 Å². The van der Waals surface area contributed by atoms with Gasteiger partial charge in [-0.1, -0.05) is 17.7 Å². The molecule has 12 heteroatoms. The summed E-state index contributed by atoms with van der Waals surface area (Å²) in [6, 6.07) is 7.07. The van der Waals surface area contributed by atoms with Crippen LogP contribution in [0.2, 0.25) is 5.02 Å². The number of benzene rings is 1. The summed E-state index contributed by atoms with van der Waals surface area (Å²) in [5, 5.41) is 11.1. The van der Waals surface area contributed by atoms with Crippen LogP contribution in [-0.4, -0.2) is 30.3 Å². The van der Waals surface area contributed by atoms with E-state index in [-0.39, 0.29) is 45.9 Å². The summed E-state index contributed by atoms with van der Waals surface area (Å²) in [5.74, 6) is -0.798. The van der Waals surface area contributed by atoms with Crippen molar-refractivity contribution in [1.29, 1.82) is 0 Å². The van der Waals surface area contributed by atoms with Crippen molar-refractivity contribution in [2.24, 2.45) is 0 Å². The first-order chi connectivity index (χ1) is 15.8. The number of alkyl halides is 2. The van der Waals surface area contributed by atoms with E-state index in [1.165, 1.54) is 28.9 Å². The zero-order chi connectivity index (χ0) is 23.3. The standard InChI is InChI=1S/C21H15BrClF3N6O/c22-12-9-31(8-11-13(23)2-1-3-14(11)24)30-20(12)28-21(33)16-7-18-27-15(10-4-5-10)6-17(19(25)26)32(18)29-16/h1-3,6-7,9-10,19H,4-5,8H2,(H,28,30,33). The van der Waals surface area contributed by atoms with Crippen molar-refractivity contribution in [1.82, 2.24) is 24.4 Å². The van der Waals surface area contributed by atoms with Gasteiger partial charge in [-0.3, -0.25) is 9.48 Å². The number of nitrogens with one attached hydrogen (secondary N) is 1. The zero-order valence-corrected chi connectivity index (χ0v) is 19.1. The fraction of sp³-hybridized carbons (Fsp3) is 0.238. The highest BCUT2D eigenvalue weighted by Gasteiger charge is 2.28. The average Bonchev–Trinajstić information content (AvgIpc) is 3.44. The summed E-state index contributed by atoms with van der Waals surface area (Å²) < 4.78 is 44.0. The first kappa shape index (κ1) is 21.9. The molecular weight excluding hydrogens is 525 g/mol. The number of aromatic nitrogens is 5. The largest absolute Gasteiger partial charge is 0.303 e. The summed E-state index contributed by atoms with van der Waals surface area (Å²) in [7, 11) is 0. The number of carbonyl (C=O) groups is 1. The predicted molar refractivity (Wildman–Crippen MR) is 118 cm³/mol. The predicted octanol–water partition coefficient (Wildman–Crippen LogP) is 5.60. The van der Waals surface area contributed by atoms with Crippen LogP contribution >= 0.6 is 27.5 Å². The lowest BCUT2D eigenvalue weighted by Crippen LogP contribution is -2.14. The molecule has 1 saturated carbocycles. The second-order valence-corrected chi connectivity index (χ2v) is 8.92. The van der Waals surface area contributed by atoms with Crippen molar-refractivity contribution in [2.75, 3.05) is 5.32 Å². The Bertz CT molecular complexity index is 1360. The molecule has 7 nitrogen and oxygen atoms in total. The summed E-state index contributed by atoms with van der Waals surface area (Å²) in [4.78, 5) is 17.2. The van der Waals surface area contributed by atoms with Crippen LogP contribution in [0, 0.1) is 5.82 Å². The Kier molecular flexibility index (Phi) is 5.61. The molecule has 0 unspecified atom stereocenters. The number of hydrogen-bond acceptors (Lipinski definition) is 4. The van der Waals surface area contributed by atoms with Crippen molar-refractivity contribution < 1.29 is 18.0 Å². The Hall–Kier alpha value is -2.92. The van der Waals surface area contributed by atoms with Gasteiger partial charge in [0.15, 0.2) is 17.2 Å². The van der Waals surface area contributed by atoms with Crippen molar-refractivity contribution in [2.45, 2.75) is 31.7 Å². The number of carbonyl (C=O) groups excluding carboxylic acids is 1. The Morgan fingerprint density at radius 3 is 2.76 bits per heavy atom. The molecule has 0 atom stereocenters. The fourth-order valence-electron chi connectivity index (χ4n) is 3.45. The molecule has 0 radical (unpaired) electrons. The van der Waals surface area contributed by atoms with Gasteiger partial charge in [-0.15, -0.1) is 0 Å². The van der Waals surface area contributed by atoms with E-state index in [2.05, 4.69) is 36.4 Å². The first-order valence-electron chi connectivity index (χ1n) is 9.96. The molecule has 3 aromatic heterocycles. The highest BCUT2D eigenvalue weighted by Crippen LogP contribution is 2.40. The maximum Gasteiger partial charge on any atom is 0.280 e. The number of nitrogens with zero attached hydrogens (tertiary/aromatic N) is 5. The van der Waals surface area contributed by atoms with Crippen LogP contribution in [0.5, 0.6) is 0 Å². The molecule has 0 saturated heterocycles. The first-order valence-corrected chi connectivity index (χ1v) is 11.1. The SMILES string of the molecule is O=C(Nc1nn(Cc2c(F)cccc2Cl)cc1Br)c1cc2nc(C3CC3)cc(C(F)F)n2n1. The maximum absolute atomic E-state index is 14.1. The lowest BCUT2D eigenvalue weighted by molar-refractivity contribution is 0.102. The van der Waals surface area contributed by atoms with Gasteiger partial charge in [-0.05, 0) is 47.0 Å². The van der Waals surface area contributed by atoms with E-state index in [9.17, 15) is 18.0 Å². The topological polar surface area (TPSA) is 77.1 Å². The summed E-state index contributed by atoms with van der Waals surface area (Å²) in [6.07, 6.45) is 0.601. The minimum absolute atomic E-state index is 0.0416. The zero-order valence-electron chi connectivity index (χ0n) is 16.8. The van der Waals surface area contributed by atoms with E-state index in [1.807, 2.05) is 0 Å². The lowest BCUT2D eigenvalue weighted by atomic mass is 10.2. The third-order valence-corrected chi connectivity index (χ3v) is 6.19. The smallest absolute Gasteiger partial charge is 0.280 e. The molecule has 0 bridgehead atoms. The van der Waals surface area contributed by atoms with Crippen LogP contribution < -0.4 is 5.32 Å². The Morgan fingerprint density at radius 1 is 1.27 bits per heavy atom. The molecular formula is C21H15BrClF3N6O. The number of rotatable bonds is 6. The number of hydrogen-bond donors (Lipinski definition) is 1. The van der Waals surface area contributed by atoms with Crippen molar-refractivity contribution in [3.05, 3.63) is 74.5 Å². The Morgan fingerprint density at radius 2 is 2.06 bits per heavy atom. The molecule has 1 fully saturated rings. The van der Waals surface area contributed by atoms with Gasteiger partial charge in [-0.25, -0.2) is 22.7 Å². The second-order valence-electron chi connectivity index (χ2n) is 7.66. The highest BCUT2D eigenvalue weighted by molar-refractivity contribution is 9.10. The van der Waals surface area contributed by atoms with Gasteiger partial charge < -0.3 is 5.32 Å². The Labute approximate surface area is 198 Å². The summed E-state index contributed by atoms with van der Waals surface area (Å²) in [5.41, 5.74) is 0.616. The van der Waals surface area contributed by atoms with E-state index < -0.39 is 18.1 Å². The van der Waals surface area contributed by atoms with E-state index in [4.69, 9.17) is 11.6 Å². The molecule has 4 aromatic rings. The van der Waals surface area contributed by atoms with Crippen LogP contribution in [-0.2, 0) is 6.54 Å². The number of halogens is 5. The van der Waals surface area contributed by atoms with Gasteiger partial charge >= 0.3 is 0 Å². The molecule has 1 amide bonds. The molecule has 33 heavy (non-hydrogen) atoms. The van der Waals surface area contributed by atoms with E-state index >= 15 is 0 Å². The molecule has 0 spiro atoms. The van der Waals surface area contributed by atoms with Crippen LogP contribution in [0.1, 0.15) is 52.6 Å². The van der Waals surface area contributed by atoms with E-state index in [0.717, 1.165) is 17.4 Å². The van der Waals surface area contributed by atoms with Crippen molar-refractivity contribution in [3.8, 4) is 0 Å². The van der Waals surface area contributed by atoms with Gasteiger partial charge in [0.1, 0.15) is 11.5 Å². The normalized spacial score (nSPS) is 13.8. The third-order valence-electron chi connectivity index (χ3n) is 5.26. The number of amides is 1. The highest BCUT2D eigenvalue weighted by atomic mass is 79.9. The third kappa shape index (κ3) is 4.34. The van der Waals surface area contributed by atoms with Gasteiger partial charge in [0, 0.05) is 34.5 Å². The molecule has 3 heterocycles. The van der Waals surface area contributed by atoms with Crippen LogP contribution in [0.25, 0.3) is 5.65 Å². The molecule has 5 rings (SSSR count). The van der Waals surface area contributed by atoms with Crippen LogP contribution in [0.3, 0.4) is 0 Å². The molecule has 1 N–H and O–H groups in total. The second kappa shape index (κ2) is 8.45. The van der Waals surface area contributed by atoms with Crippen molar-refractivity contribution in [3.63, 3.8) is 0 Å². The average molecular weight is 540 g/mol. The number of anilines is 1. The van der Waals surface area contributed by atoms with Gasteiger partial charge in [0.05, 0.1) is 11.0 Å². The Balaban J connectivity index is 1.40. The fourth-order valence-corrected chi connectivity index (χ4v) is 4.09. The molecule has 1 aliphatic carbocycles. The number of fused-ring (bicyclic) bond motifs is 1. The lowest BCUT2D eigenvalue weighted by Gasteiger charge is -2.06. The maximum atomic E-state index is 14.1. The molecule has 1 aromatic carbocycles.